The number of amides is 1. The van der Waals surface area contributed by atoms with E-state index < -0.39 is 5.97 Å². The van der Waals surface area contributed by atoms with Crippen molar-refractivity contribution in [3.63, 3.8) is 0 Å². The quantitative estimate of drug-likeness (QED) is 0.569. The first kappa shape index (κ1) is 17.9. The molecule has 0 aromatic heterocycles. The molecule has 0 aliphatic carbocycles. The summed E-state index contributed by atoms with van der Waals surface area (Å²) in [5.74, 6) is -0.680. The molecule has 0 bridgehead atoms. The van der Waals surface area contributed by atoms with E-state index in [1.165, 1.54) is 7.11 Å². The molecule has 1 atom stereocenters. The van der Waals surface area contributed by atoms with Crippen LogP contribution >= 0.6 is 15.9 Å². The average Bonchev–Trinajstić information content (AvgIpc) is 3.19. The van der Waals surface area contributed by atoms with Crippen LogP contribution in [0.4, 0.5) is 0 Å². The lowest BCUT2D eigenvalue weighted by Gasteiger charge is -2.21. The van der Waals surface area contributed by atoms with E-state index in [0.717, 1.165) is 29.5 Å². The van der Waals surface area contributed by atoms with Crippen molar-refractivity contribution >= 4 is 33.9 Å². The second-order valence-electron chi connectivity index (χ2n) is 6.11. The number of benzene rings is 1. The molecule has 0 N–H and O–H groups in total. The van der Waals surface area contributed by atoms with Gasteiger partial charge in [-0.2, -0.15) is 0 Å². The van der Waals surface area contributed by atoms with Gasteiger partial charge in [0.25, 0.3) is 5.91 Å². The van der Waals surface area contributed by atoms with Crippen LogP contribution in [-0.2, 0) is 19.1 Å². The Kier molecular flexibility index (Phi) is 5.39. The summed E-state index contributed by atoms with van der Waals surface area (Å²) in [6.07, 6.45) is 3.68. The van der Waals surface area contributed by atoms with Gasteiger partial charge < -0.3 is 14.4 Å². The largest absolute Gasteiger partial charge is 0.465 e. The van der Waals surface area contributed by atoms with Crippen LogP contribution in [0.15, 0.2) is 45.6 Å². The highest BCUT2D eigenvalue weighted by atomic mass is 79.9. The molecular weight excluding hydrogens is 386 g/mol. The average molecular weight is 406 g/mol. The molecule has 0 unspecified atom stereocenters. The maximum absolute atomic E-state index is 12.9. The Balaban J connectivity index is 1.96. The Labute approximate surface area is 155 Å². The molecule has 1 amide bonds. The van der Waals surface area contributed by atoms with E-state index in [9.17, 15) is 9.59 Å². The Bertz CT molecular complexity index is 745. The van der Waals surface area contributed by atoms with Crippen molar-refractivity contribution in [1.29, 1.82) is 0 Å². The number of rotatable bonds is 4. The fourth-order valence-electron chi connectivity index (χ4n) is 3.17. The fourth-order valence-corrected chi connectivity index (χ4v) is 3.43. The van der Waals surface area contributed by atoms with Gasteiger partial charge in [0.15, 0.2) is 0 Å². The van der Waals surface area contributed by atoms with Crippen molar-refractivity contribution in [3.8, 4) is 0 Å². The lowest BCUT2D eigenvalue weighted by Crippen LogP contribution is -2.33. The van der Waals surface area contributed by atoms with Gasteiger partial charge in [-0.15, -0.1) is 0 Å². The predicted molar refractivity (Wildman–Crippen MR) is 97.5 cm³/mol. The predicted octanol–water partition coefficient (Wildman–Crippen LogP) is 3.30. The summed E-state index contributed by atoms with van der Waals surface area (Å²) in [6.45, 7) is 2.96. The van der Waals surface area contributed by atoms with E-state index in [2.05, 4.69) is 15.9 Å². The maximum Gasteiger partial charge on any atom is 0.340 e. The van der Waals surface area contributed by atoms with Gasteiger partial charge in [0.05, 0.1) is 30.9 Å². The zero-order chi connectivity index (χ0) is 18.0. The zero-order valence-corrected chi connectivity index (χ0v) is 15.8. The number of allylic oxidation sites excluding steroid dienone is 1. The van der Waals surface area contributed by atoms with E-state index >= 15 is 0 Å². The molecular formula is C19H20BrNO4. The Morgan fingerprint density at radius 3 is 2.72 bits per heavy atom. The molecule has 2 heterocycles. The number of methoxy groups -OCH3 is 1. The second-order valence-corrected chi connectivity index (χ2v) is 7.03. The maximum atomic E-state index is 12.9. The van der Waals surface area contributed by atoms with Crippen LogP contribution in [0, 0.1) is 0 Å². The van der Waals surface area contributed by atoms with Gasteiger partial charge in [0, 0.05) is 16.8 Å². The van der Waals surface area contributed by atoms with Gasteiger partial charge in [-0.25, -0.2) is 4.79 Å². The first-order valence-corrected chi connectivity index (χ1v) is 9.01. The minimum Gasteiger partial charge on any atom is -0.465 e. The molecule has 0 radical (unpaired) electrons. The van der Waals surface area contributed by atoms with E-state index in [4.69, 9.17) is 9.47 Å². The molecule has 2 aliphatic heterocycles. The molecule has 1 saturated heterocycles. The van der Waals surface area contributed by atoms with Crippen LogP contribution in [0.5, 0.6) is 0 Å². The van der Waals surface area contributed by atoms with Gasteiger partial charge in [0.2, 0.25) is 0 Å². The first-order chi connectivity index (χ1) is 12.0. The Hall–Kier alpha value is -1.92. The Morgan fingerprint density at radius 2 is 2.12 bits per heavy atom. The summed E-state index contributed by atoms with van der Waals surface area (Å²) in [6, 6.07) is 7.56. The molecule has 0 spiro atoms. The zero-order valence-electron chi connectivity index (χ0n) is 14.3. The van der Waals surface area contributed by atoms with Crippen molar-refractivity contribution in [2.45, 2.75) is 25.9 Å². The van der Waals surface area contributed by atoms with Crippen LogP contribution < -0.4 is 0 Å². The SMILES string of the molecule is COC(=O)C1=C(C)N(C[C@H]2CCCO2)C(=O)/C1=C\c1ccc(Br)cc1. The number of esters is 1. The summed E-state index contributed by atoms with van der Waals surface area (Å²) in [5, 5.41) is 0. The fraction of sp³-hybridized carbons (Fsp3) is 0.368. The monoisotopic (exact) mass is 405 g/mol. The van der Waals surface area contributed by atoms with Crippen molar-refractivity contribution in [2.24, 2.45) is 0 Å². The van der Waals surface area contributed by atoms with Crippen molar-refractivity contribution in [2.75, 3.05) is 20.3 Å². The number of hydrogen-bond acceptors (Lipinski definition) is 4. The number of hydrogen-bond donors (Lipinski definition) is 0. The Morgan fingerprint density at radius 1 is 1.40 bits per heavy atom. The number of carbonyl (C=O) groups excluding carboxylic acids is 2. The lowest BCUT2D eigenvalue weighted by atomic mass is 10.0. The number of nitrogens with zero attached hydrogens (tertiary/aromatic N) is 1. The van der Waals surface area contributed by atoms with E-state index in [-0.39, 0.29) is 12.0 Å². The van der Waals surface area contributed by atoms with Gasteiger partial charge in [-0.3, -0.25) is 4.79 Å². The molecule has 25 heavy (non-hydrogen) atoms. The minimum absolute atomic E-state index is 0.0184. The molecule has 3 rings (SSSR count). The standard InChI is InChI=1S/C19H20BrNO4/c1-12-17(19(23)24-2)16(10-13-5-7-14(20)8-6-13)18(22)21(12)11-15-4-3-9-25-15/h5-8,10,15H,3-4,9,11H2,1-2H3/b16-10-/t15-/m1/s1. The molecule has 1 fully saturated rings. The summed E-state index contributed by atoms with van der Waals surface area (Å²) >= 11 is 3.39. The van der Waals surface area contributed by atoms with Gasteiger partial charge in [-0.05, 0) is 43.5 Å². The summed E-state index contributed by atoms with van der Waals surface area (Å²) in [7, 11) is 1.33. The summed E-state index contributed by atoms with van der Waals surface area (Å²) < 4.78 is 11.5. The van der Waals surface area contributed by atoms with Crippen LogP contribution in [0.2, 0.25) is 0 Å². The smallest absolute Gasteiger partial charge is 0.340 e. The van der Waals surface area contributed by atoms with Crippen molar-refractivity contribution < 1.29 is 19.1 Å². The normalized spacial score (nSPS) is 22.2. The van der Waals surface area contributed by atoms with Crippen molar-refractivity contribution in [1.82, 2.24) is 4.90 Å². The summed E-state index contributed by atoms with van der Waals surface area (Å²) in [5.41, 5.74) is 2.16. The third-order valence-electron chi connectivity index (χ3n) is 4.49. The lowest BCUT2D eigenvalue weighted by molar-refractivity contribution is -0.136. The topological polar surface area (TPSA) is 55.8 Å². The number of ether oxygens (including phenoxy) is 2. The molecule has 2 aliphatic rings. The highest BCUT2D eigenvalue weighted by molar-refractivity contribution is 9.10. The molecule has 132 valence electrons. The second kappa shape index (κ2) is 7.54. The third kappa shape index (κ3) is 3.70. The van der Waals surface area contributed by atoms with Gasteiger partial charge in [-0.1, -0.05) is 28.1 Å². The molecule has 1 aromatic rings. The van der Waals surface area contributed by atoms with E-state index in [1.54, 1.807) is 17.9 Å². The van der Waals surface area contributed by atoms with Crippen LogP contribution in [-0.4, -0.2) is 43.1 Å². The van der Waals surface area contributed by atoms with E-state index in [0.29, 0.717) is 23.4 Å². The van der Waals surface area contributed by atoms with Crippen LogP contribution in [0.3, 0.4) is 0 Å². The van der Waals surface area contributed by atoms with Gasteiger partial charge in [0.1, 0.15) is 0 Å². The molecule has 1 aromatic carbocycles. The first-order valence-electron chi connectivity index (χ1n) is 8.21. The van der Waals surface area contributed by atoms with Crippen molar-refractivity contribution in [3.05, 3.63) is 51.1 Å². The van der Waals surface area contributed by atoms with Crippen LogP contribution in [0.25, 0.3) is 6.08 Å². The molecule has 6 heteroatoms. The third-order valence-corrected chi connectivity index (χ3v) is 5.02. The number of halogens is 1. The summed E-state index contributed by atoms with van der Waals surface area (Å²) in [4.78, 5) is 26.9. The number of carbonyl (C=O) groups is 2. The van der Waals surface area contributed by atoms with Crippen LogP contribution in [0.1, 0.15) is 25.3 Å². The van der Waals surface area contributed by atoms with E-state index in [1.807, 2.05) is 24.3 Å². The highest BCUT2D eigenvalue weighted by Crippen LogP contribution is 2.32. The minimum atomic E-state index is -0.496. The molecule has 0 saturated carbocycles. The highest BCUT2D eigenvalue weighted by Gasteiger charge is 2.38. The van der Waals surface area contributed by atoms with Gasteiger partial charge >= 0.3 is 5.97 Å². The molecule has 5 nitrogen and oxygen atoms in total.